The zero-order valence-corrected chi connectivity index (χ0v) is 20.8. The maximum Gasteiger partial charge on any atom is 0.337 e. The number of allylic oxidation sites excluding steroid dienone is 1. The number of pyridine rings is 1. The van der Waals surface area contributed by atoms with Crippen LogP contribution in [0.3, 0.4) is 0 Å². The van der Waals surface area contributed by atoms with Crippen LogP contribution < -0.4 is 4.74 Å². The van der Waals surface area contributed by atoms with Gasteiger partial charge in [0.25, 0.3) is 0 Å². The van der Waals surface area contributed by atoms with Crippen LogP contribution in [0.15, 0.2) is 85.7 Å². The van der Waals surface area contributed by atoms with E-state index in [1.807, 2.05) is 30.3 Å². The lowest BCUT2D eigenvalue weighted by atomic mass is 9.99. The maximum absolute atomic E-state index is 15.1. The van der Waals surface area contributed by atoms with Gasteiger partial charge in [-0.2, -0.15) is 0 Å². The normalized spacial score (nSPS) is 11.1. The molecule has 1 N–H and O–H groups in total. The zero-order valence-electron chi connectivity index (χ0n) is 20.8. The summed E-state index contributed by atoms with van der Waals surface area (Å²) in [6.07, 6.45) is 2.82. The van der Waals surface area contributed by atoms with Crippen LogP contribution in [-0.4, -0.2) is 20.6 Å². The molecule has 38 heavy (non-hydrogen) atoms. The van der Waals surface area contributed by atoms with Gasteiger partial charge in [0, 0.05) is 35.3 Å². The van der Waals surface area contributed by atoms with Gasteiger partial charge in [-0.15, -0.1) is 0 Å². The van der Waals surface area contributed by atoms with Gasteiger partial charge in [0.15, 0.2) is 0 Å². The molecule has 0 amide bonds. The molecular formula is C31H24F2N2O3. The van der Waals surface area contributed by atoms with Gasteiger partial charge in [0.2, 0.25) is 0 Å². The Bertz CT molecular complexity index is 1710. The van der Waals surface area contributed by atoms with E-state index < -0.39 is 11.8 Å². The molecule has 0 saturated carbocycles. The van der Waals surface area contributed by atoms with Gasteiger partial charge in [-0.1, -0.05) is 36.9 Å². The van der Waals surface area contributed by atoms with Crippen LogP contribution in [0, 0.1) is 18.6 Å². The molecule has 0 spiro atoms. The first-order valence-corrected chi connectivity index (χ1v) is 11.9. The lowest BCUT2D eigenvalue weighted by Crippen LogP contribution is -2.01. The first kappa shape index (κ1) is 24.9. The summed E-state index contributed by atoms with van der Waals surface area (Å²) in [6, 6.07) is 18.3. The van der Waals surface area contributed by atoms with Crippen molar-refractivity contribution < 1.29 is 23.4 Å². The SMILES string of the molecule is C=C(C)c1c(-c2cncc(C(=O)O)c2)c2c(OCc3ccccc3)cc(F)cc2n1-c1ccc(F)c(C)c1. The number of hydrogen-bond acceptors (Lipinski definition) is 3. The molecule has 0 saturated heterocycles. The predicted molar refractivity (Wildman–Crippen MR) is 144 cm³/mol. The van der Waals surface area contributed by atoms with E-state index in [0.717, 1.165) is 5.56 Å². The number of aryl methyl sites for hydroxylation is 1. The molecule has 3 aromatic carbocycles. The minimum Gasteiger partial charge on any atom is -0.488 e. The highest BCUT2D eigenvalue weighted by Gasteiger charge is 2.25. The Hall–Kier alpha value is -4.78. The van der Waals surface area contributed by atoms with E-state index in [1.54, 1.807) is 36.7 Å². The molecule has 190 valence electrons. The number of halogens is 2. The first-order chi connectivity index (χ1) is 18.2. The molecule has 5 nitrogen and oxygen atoms in total. The number of benzene rings is 3. The van der Waals surface area contributed by atoms with Crippen molar-refractivity contribution in [3.8, 4) is 22.6 Å². The summed E-state index contributed by atoms with van der Waals surface area (Å²) in [6.45, 7) is 7.82. The van der Waals surface area contributed by atoms with E-state index in [1.165, 1.54) is 30.5 Å². The van der Waals surface area contributed by atoms with Gasteiger partial charge in [-0.05, 0) is 60.9 Å². The maximum atomic E-state index is 15.1. The predicted octanol–water partition coefficient (Wildman–Crippen LogP) is 7.59. The minimum absolute atomic E-state index is 0.00237. The number of ether oxygens (including phenoxy) is 1. The van der Waals surface area contributed by atoms with Crippen molar-refractivity contribution in [3.63, 3.8) is 0 Å². The summed E-state index contributed by atoms with van der Waals surface area (Å²) in [5.41, 5.74) is 4.71. The van der Waals surface area contributed by atoms with Crippen molar-refractivity contribution in [2.45, 2.75) is 20.5 Å². The first-order valence-electron chi connectivity index (χ1n) is 11.9. The number of hydrogen-bond donors (Lipinski definition) is 1. The third-order valence-electron chi connectivity index (χ3n) is 6.31. The van der Waals surface area contributed by atoms with Crippen LogP contribution in [0.5, 0.6) is 5.75 Å². The molecule has 0 fully saturated rings. The number of carbonyl (C=O) groups is 1. The Morgan fingerprint density at radius 2 is 1.82 bits per heavy atom. The van der Waals surface area contributed by atoms with E-state index >= 15 is 4.39 Å². The number of rotatable bonds is 7. The van der Waals surface area contributed by atoms with E-state index in [4.69, 9.17) is 4.74 Å². The lowest BCUT2D eigenvalue weighted by Gasteiger charge is -2.14. The van der Waals surface area contributed by atoms with Crippen LogP contribution in [0.1, 0.15) is 34.1 Å². The van der Waals surface area contributed by atoms with Gasteiger partial charge in [0.05, 0.1) is 22.2 Å². The van der Waals surface area contributed by atoms with Crippen molar-refractivity contribution >= 4 is 22.4 Å². The van der Waals surface area contributed by atoms with E-state index in [-0.39, 0.29) is 23.7 Å². The van der Waals surface area contributed by atoms with E-state index in [9.17, 15) is 14.3 Å². The van der Waals surface area contributed by atoms with Crippen molar-refractivity contribution in [2.24, 2.45) is 0 Å². The molecule has 0 unspecified atom stereocenters. The second kappa shape index (κ2) is 9.94. The Labute approximate surface area is 218 Å². The quantitative estimate of drug-likeness (QED) is 0.245. The number of fused-ring (bicyclic) bond motifs is 1. The number of aromatic nitrogens is 2. The highest BCUT2D eigenvalue weighted by molar-refractivity contribution is 6.07. The van der Waals surface area contributed by atoms with Gasteiger partial charge in [-0.25, -0.2) is 13.6 Å². The van der Waals surface area contributed by atoms with Crippen LogP contribution in [0.4, 0.5) is 8.78 Å². The molecule has 2 heterocycles. The van der Waals surface area contributed by atoms with Crippen LogP contribution >= 0.6 is 0 Å². The number of nitrogens with zero attached hydrogens (tertiary/aromatic N) is 2. The van der Waals surface area contributed by atoms with Crippen LogP contribution in [0.2, 0.25) is 0 Å². The van der Waals surface area contributed by atoms with Crippen LogP contribution in [-0.2, 0) is 6.61 Å². The van der Waals surface area contributed by atoms with E-state index in [0.29, 0.717) is 44.5 Å². The number of carboxylic acid groups (broad SMARTS) is 1. The fraction of sp³-hybridized carbons (Fsp3) is 0.0968. The monoisotopic (exact) mass is 510 g/mol. The Morgan fingerprint density at radius 3 is 2.50 bits per heavy atom. The summed E-state index contributed by atoms with van der Waals surface area (Å²) in [7, 11) is 0. The van der Waals surface area contributed by atoms with Crippen molar-refractivity contribution in [1.29, 1.82) is 0 Å². The van der Waals surface area contributed by atoms with Gasteiger partial charge >= 0.3 is 5.97 Å². The Morgan fingerprint density at radius 1 is 1.05 bits per heavy atom. The van der Waals surface area contributed by atoms with Gasteiger partial charge in [-0.3, -0.25) is 4.98 Å². The molecule has 7 heteroatoms. The standard InChI is InChI=1S/C31H24F2N2O3/c1-18(2)30-28(21-12-22(31(36)37)16-34-15-21)29-26(35(30)24-9-10-25(33)19(3)11-24)13-23(32)14-27(29)38-17-20-7-5-4-6-8-20/h4-16H,1,17H2,2-3H3,(H,36,37). The molecule has 0 atom stereocenters. The topological polar surface area (TPSA) is 64.3 Å². The second-order valence-electron chi connectivity index (χ2n) is 9.11. The van der Waals surface area contributed by atoms with E-state index in [2.05, 4.69) is 11.6 Å². The molecular weight excluding hydrogens is 486 g/mol. The second-order valence-corrected chi connectivity index (χ2v) is 9.11. The Balaban J connectivity index is 1.87. The molecule has 0 aliphatic carbocycles. The molecule has 2 aromatic heterocycles. The number of aromatic carboxylic acids is 1. The lowest BCUT2D eigenvalue weighted by molar-refractivity contribution is 0.0696. The Kier molecular flexibility index (Phi) is 6.51. The number of carboxylic acids is 1. The third-order valence-corrected chi connectivity index (χ3v) is 6.31. The van der Waals surface area contributed by atoms with Crippen molar-refractivity contribution in [3.05, 3.63) is 120 Å². The van der Waals surface area contributed by atoms with Crippen molar-refractivity contribution in [1.82, 2.24) is 9.55 Å². The summed E-state index contributed by atoms with van der Waals surface area (Å²) in [5.74, 6) is -1.73. The molecule has 0 radical (unpaired) electrons. The largest absolute Gasteiger partial charge is 0.488 e. The summed E-state index contributed by atoms with van der Waals surface area (Å²) < 4.78 is 37.3. The van der Waals surface area contributed by atoms with Gasteiger partial charge in [0.1, 0.15) is 24.0 Å². The minimum atomic E-state index is -1.12. The average Bonchev–Trinajstić information content (AvgIpc) is 3.25. The molecule has 0 aliphatic rings. The molecule has 5 aromatic rings. The average molecular weight is 511 g/mol. The van der Waals surface area contributed by atoms with Gasteiger partial charge < -0.3 is 14.4 Å². The molecule has 0 bridgehead atoms. The highest BCUT2D eigenvalue weighted by atomic mass is 19.1. The van der Waals surface area contributed by atoms with Crippen LogP contribution in [0.25, 0.3) is 33.3 Å². The molecule has 5 rings (SSSR count). The third kappa shape index (κ3) is 4.54. The summed E-state index contributed by atoms with van der Waals surface area (Å²) >= 11 is 0. The fourth-order valence-electron chi connectivity index (χ4n) is 4.61. The zero-order chi connectivity index (χ0) is 27.0. The summed E-state index contributed by atoms with van der Waals surface area (Å²) in [5, 5.41) is 10.2. The molecule has 0 aliphatic heterocycles. The summed E-state index contributed by atoms with van der Waals surface area (Å²) in [4.78, 5) is 15.9. The van der Waals surface area contributed by atoms with Crippen molar-refractivity contribution in [2.75, 3.05) is 0 Å². The highest BCUT2D eigenvalue weighted by Crippen LogP contribution is 2.45. The fourth-order valence-corrected chi connectivity index (χ4v) is 4.61. The smallest absolute Gasteiger partial charge is 0.337 e.